The number of halogens is 2. The first-order chi connectivity index (χ1) is 13.1. The molecule has 0 saturated carbocycles. The van der Waals surface area contributed by atoms with Crippen LogP contribution in [0.25, 0.3) is 21.5 Å². The summed E-state index contributed by atoms with van der Waals surface area (Å²) >= 11 is 4.72. The molecule has 0 bridgehead atoms. The summed E-state index contributed by atoms with van der Waals surface area (Å²) in [5.41, 5.74) is 8.43. The highest BCUT2D eigenvalue weighted by molar-refractivity contribution is 9.10. The molecule has 4 aromatic rings. The Morgan fingerprint density at radius 3 is 2.85 bits per heavy atom. The Morgan fingerprint density at radius 2 is 2.04 bits per heavy atom. The lowest BCUT2D eigenvalue weighted by Gasteiger charge is -2.12. The number of aromatic amines is 1. The van der Waals surface area contributed by atoms with Crippen LogP contribution in [0.4, 0.5) is 9.52 Å². The van der Waals surface area contributed by atoms with E-state index in [1.165, 1.54) is 23.0 Å². The van der Waals surface area contributed by atoms with Gasteiger partial charge >= 0.3 is 0 Å². The number of rotatable bonds is 6. The van der Waals surface area contributed by atoms with Gasteiger partial charge in [0, 0.05) is 34.1 Å². The van der Waals surface area contributed by atoms with Crippen molar-refractivity contribution in [3.05, 3.63) is 58.4 Å². The minimum atomic E-state index is -0.360. The van der Waals surface area contributed by atoms with Crippen LogP contribution < -0.4 is 11.1 Å². The van der Waals surface area contributed by atoms with Crippen LogP contribution in [0.15, 0.2) is 47.1 Å². The third kappa shape index (κ3) is 4.15. The van der Waals surface area contributed by atoms with Crippen LogP contribution in [0.3, 0.4) is 0 Å². The van der Waals surface area contributed by atoms with Crippen LogP contribution >= 0.6 is 27.3 Å². The Kier molecular flexibility index (Phi) is 5.15. The maximum absolute atomic E-state index is 14.3. The van der Waals surface area contributed by atoms with Crippen molar-refractivity contribution in [3.63, 3.8) is 0 Å². The van der Waals surface area contributed by atoms with Gasteiger partial charge in [-0.2, -0.15) is 5.10 Å². The molecule has 0 fully saturated rings. The lowest BCUT2D eigenvalue weighted by atomic mass is 10.1. The summed E-state index contributed by atoms with van der Waals surface area (Å²) in [6.07, 6.45) is 2.40. The van der Waals surface area contributed by atoms with Gasteiger partial charge in [-0.25, -0.2) is 4.39 Å². The number of H-pyrrole nitrogens is 1. The smallest absolute Gasteiger partial charge is 0.206 e. The first-order valence-corrected chi connectivity index (χ1v) is 9.90. The molecule has 0 unspecified atom stereocenters. The normalized spacial score (nSPS) is 12.4. The lowest BCUT2D eigenvalue weighted by molar-refractivity contribution is 0.632. The molecule has 27 heavy (non-hydrogen) atoms. The maximum Gasteiger partial charge on any atom is 0.206 e. The van der Waals surface area contributed by atoms with Gasteiger partial charge in [0.1, 0.15) is 5.82 Å². The fraction of sp³-hybridized carbons (Fsp3) is 0.167. The highest BCUT2D eigenvalue weighted by Crippen LogP contribution is 2.31. The van der Waals surface area contributed by atoms with Crippen LogP contribution in [0.1, 0.15) is 5.56 Å². The fourth-order valence-corrected chi connectivity index (χ4v) is 3.78. The van der Waals surface area contributed by atoms with Crippen molar-refractivity contribution in [2.45, 2.75) is 12.5 Å². The van der Waals surface area contributed by atoms with Gasteiger partial charge in [0.05, 0.1) is 11.7 Å². The highest BCUT2D eigenvalue weighted by atomic mass is 79.9. The van der Waals surface area contributed by atoms with E-state index in [2.05, 4.69) is 41.6 Å². The molecular formula is C18H16BrFN6S. The van der Waals surface area contributed by atoms with Gasteiger partial charge in [-0.3, -0.25) is 5.10 Å². The van der Waals surface area contributed by atoms with Crippen molar-refractivity contribution in [2.75, 3.05) is 11.9 Å². The van der Waals surface area contributed by atoms with Gasteiger partial charge in [-0.05, 0) is 30.2 Å². The SMILES string of the molecule is N[C@@H](CNc1nnc(-c2cc3cn[nH]c3cc2F)s1)Cc1ccc(Br)cc1. The quantitative estimate of drug-likeness (QED) is 0.416. The second kappa shape index (κ2) is 7.71. The summed E-state index contributed by atoms with van der Waals surface area (Å²) < 4.78 is 15.4. The molecule has 1 atom stereocenters. The minimum Gasteiger partial charge on any atom is -0.359 e. The van der Waals surface area contributed by atoms with Crippen LogP contribution in [0, 0.1) is 5.82 Å². The molecule has 6 nitrogen and oxygen atoms in total. The van der Waals surface area contributed by atoms with E-state index in [0.717, 1.165) is 16.3 Å². The van der Waals surface area contributed by atoms with E-state index < -0.39 is 0 Å². The van der Waals surface area contributed by atoms with Crippen molar-refractivity contribution >= 4 is 43.3 Å². The molecule has 4 N–H and O–H groups in total. The Labute approximate surface area is 167 Å². The van der Waals surface area contributed by atoms with E-state index in [4.69, 9.17) is 5.73 Å². The van der Waals surface area contributed by atoms with Crippen LogP contribution in [0.2, 0.25) is 0 Å². The lowest BCUT2D eigenvalue weighted by Crippen LogP contribution is -2.31. The molecule has 0 saturated heterocycles. The molecule has 0 amide bonds. The second-order valence-electron chi connectivity index (χ2n) is 6.17. The van der Waals surface area contributed by atoms with Crippen LogP contribution in [-0.2, 0) is 6.42 Å². The number of aromatic nitrogens is 4. The van der Waals surface area contributed by atoms with Crippen molar-refractivity contribution in [1.82, 2.24) is 20.4 Å². The Bertz CT molecular complexity index is 1060. The summed E-state index contributed by atoms with van der Waals surface area (Å²) in [7, 11) is 0. The predicted molar refractivity (Wildman–Crippen MR) is 109 cm³/mol. The van der Waals surface area contributed by atoms with E-state index >= 15 is 0 Å². The third-order valence-corrected chi connectivity index (χ3v) is 5.55. The molecule has 2 aromatic heterocycles. The van der Waals surface area contributed by atoms with E-state index in [1.807, 2.05) is 24.3 Å². The zero-order chi connectivity index (χ0) is 18.8. The number of nitrogens with one attached hydrogen (secondary N) is 2. The van der Waals surface area contributed by atoms with Crippen molar-refractivity contribution < 1.29 is 4.39 Å². The fourth-order valence-electron chi connectivity index (χ4n) is 2.75. The largest absolute Gasteiger partial charge is 0.359 e. The second-order valence-corrected chi connectivity index (χ2v) is 8.07. The van der Waals surface area contributed by atoms with Gasteiger partial charge in [0.25, 0.3) is 0 Å². The first-order valence-electron chi connectivity index (χ1n) is 8.29. The van der Waals surface area contributed by atoms with E-state index in [1.54, 1.807) is 12.3 Å². The predicted octanol–water partition coefficient (Wildman–Crippen LogP) is 3.96. The van der Waals surface area contributed by atoms with E-state index in [-0.39, 0.29) is 11.9 Å². The summed E-state index contributed by atoms with van der Waals surface area (Å²) in [6.45, 7) is 0.550. The molecule has 0 spiro atoms. The van der Waals surface area contributed by atoms with Crippen molar-refractivity contribution in [2.24, 2.45) is 5.73 Å². The standard InChI is InChI=1S/C18H16BrFN6S/c19-12-3-1-10(2-4-12)5-13(21)9-22-18-26-25-17(27-18)14-6-11-8-23-24-16(11)7-15(14)20/h1-4,6-8,13H,5,9,21H2,(H,22,26)(H,23,24)/t13-/m1/s1. The topological polar surface area (TPSA) is 92.5 Å². The molecule has 0 aliphatic heterocycles. The summed E-state index contributed by atoms with van der Waals surface area (Å²) in [5.74, 6) is -0.360. The Balaban J connectivity index is 1.41. The number of hydrogen-bond donors (Lipinski definition) is 3. The Morgan fingerprint density at radius 1 is 1.22 bits per heavy atom. The van der Waals surface area contributed by atoms with Gasteiger partial charge in [-0.15, -0.1) is 10.2 Å². The number of hydrogen-bond acceptors (Lipinski definition) is 6. The summed E-state index contributed by atoms with van der Waals surface area (Å²) in [4.78, 5) is 0. The zero-order valence-electron chi connectivity index (χ0n) is 14.1. The summed E-state index contributed by atoms with van der Waals surface area (Å²) in [5, 5.41) is 20.0. The Hall–Kier alpha value is -2.36. The van der Waals surface area contributed by atoms with Gasteiger partial charge in [0.2, 0.25) is 5.13 Å². The number of benzene rings is 2. The molecule has 0 aliphatic rings. The van der Waals surface area contributed by atoms with Gasteiger partial charge in [0.15, 0.2) is 5.01 Å². The third-order valence-electron chi connectivity index (χ3n) is 4.11. The number of fused-ring (bicyclic) bond motifs is 1. The molecule has 4 rings (SSSR count). The molecule has 9 heteroatoms. The number of nitrogens with zero attached hydrogens (tertiary/aromatic N) is 3. The van der Waals surface area contributed by atoms with Crippen LogP contribution in [0.5, 0.6) is 0 Å². The maximum atomic E-state index is 14.3. The average molecular weight is 447 g/mol. The molecule has 138 valence electrons. The zero-order valence-corrected chi connectivity index (χ0v) is 16.5. The number of anilines is 1. The summed E-state index contributed by atoms with van der Waals surface area (Å²) in [6, 6.07) is 11.1. The molecule has 2 heterocycles. The van der Waals surface area contributed by atoms with Crippen molar-refractivity contribution in [1.29, 1.82) is 0 Å². The highest BCUT2D eigenvalue weighted by Gasteiger charge is 2.14. The van der Waals surface area contributed by atoms with E-state index in [0.29, 0.717) is 27.8 Å². The van der Waals surface area contributed by atoms with E-state index in [9.17, 15) is 4.39 Å². The van der Waals surface area contributed by atoms with Gasteiger partial charge in [-0.1, -0.05) is 39.4 Å². The first kappa shape index (κ1) is 18.0. The monoisotopic (exact) mass is 446 g/mol. The van der Waals surface area contributed by atoms with Crippen molar-refractivity contribution in [3.8, 4) is 10.6 Å². The molecule has 0 aliphatic carbocycles. The molecule has 0 radical (unpaired) electrons. The van der Waals surface area contributed by atoms with Gasteiger partial charge < -0.3 is 11.1 Å². The minimum absolute atomic E-state index is 0.0717. The average Bonchev–Trinajstić information content (AvgIpc) is 3.30. The molecular weight excluding hydrogens is 431 g/mol. The number of nitrogens with two attached hydrogens (primary N) is 1. The molecule has 2 aromatic carbocycles. The van der Waals surface area contributed by atoms with Crippen LogP contribution in [-0.4, -0.2) is 33.0 Å².